The molecule has 0 saturated carbocycles. The van der Waals surface area contributed by atoms with Crippen molar-refractivity contribution in [3.8, 4) is 11.5 Å². The smallest absolute Gasteiger partial charge is 0.265 e. The second-order valence-electron chi connectivity index (χ2n) is 7.76. The number of amides is 2. The molecule has 0 N–H and O–H groups in total. The molecule has 0 aliphatic carbocycles. The van der Waals surface area contributed by atoms with E-state index < -0.39 is 11.8 Å². The van der Waals surface area contributed by atoms with Gasteiger partial charge in [0.15, 0.2) is 16.6 Å². The van der Waals surface area contributed by atoms with Crippen molar-refractivity contribution in [3.05, 3.63) is 76.3 Å². The van der Waals surface area contributed by atoms with Crippen LogP contribution in [0.15, 0.2) is 60.2 Å². The Morgan fingerprint density at radius 1 is 0.971 bits per heavy atom. The summed E-state index contributed by atoms with van der Waals surface area (Å²) in [5.41, 5.74) is 1.54. The molecule has 4 rings (SSSR count). The zero-order valence-corrected chi connectivity index (χ0v) is 20.6. The molecule has 0 bridgehead atoms. The van der Waals surface area contributed by atoms with Gasteiger partial charge in [0.05, 0.1) is 11.6 Å². The van der Waals surface area contributed by atoms with Crippen molar-refractivity contribution in [3.63, 3.8) is 0 Å². The monoisotopic (exact) mass is 494 g/mol. The van der Waals surface area contributed by atoms with E-state index in [-0.39, 0.29) is 10.7 Å². The van der Waals surface area contributed by atoms with Gasteiger partial charge in [-0.1, -0.05) is 54.1 Å². The number of likely N-dealkylation sites (N-methyl/N-ethyl adjacent to an activating group) is 2. The third-order valence-electron chi connectivity index (χ3n) is 5.54. The molecule has 1 fully saturated rings. The van der Waals surface area contributed by atoms with Gasteiger partial charge in [-0.15, -0.1) is 0 Å². The van der Waals surface area contributed by atoms with Crippen LogP contribution in [0.3, 0.4) is 0 Å². The number of nitrogens with zero attached hydrogens (tertiary/aromatic N) is 2. The molecule has 1 aliphatic rings. The first-order chi connectivity index (χ1) is 16.3. The van der Waals surface area contributed by atoms with Gasteiger partial charge < -0.3 is 9.47 Å². The Balaban J connectivity index is 1.67. The standard InChI is InChI=1S/C26H23ClN2O4S/c1-4-32-22-14-16(12-20-24(30)28(2)26(34)29(3)25(20)31)13-21(27)23(22)33-15-18-10-7-9-17-8-5-6-11-19(17)18/h5-14H,4,15H2,1-3H3. The first kappa shape index (κ1) is 23.7. The lowest BCUT2D eigenvalue weighted by Crippen LogP contribution is -2.52. The maximum Gasteiger partial charge on any atom is 0.265 e. The molecule has 0 aromatic heterocycles. The Bertz CT molecular complexity index is 1310. The summed E-state index contributed by atoms with van der Waals surface area (Å²) in [6, 6.07) is 17.5. The van der Waals surface area contributed by atoms with Gasteiger partial charge in [-0.25, -0.2) is 0 Å². The molecule has 0 atom stereocenters. The number of carbonyl (C=O) groups excluding carboxylic acids is 2. The van der Waals surface area contributed by atoms with Crippen molar-refractivity contribution in [2.24, 2.45) is 0 Å². The number of hydrogen-bond acceptors (Lipinski definition) is 5. The Morgan fingerprint density at radius 2 is 1.65 bits per heavy atom. The van der Waals surface area contributed by atoms with E-state index >= 15 is 0 Å². The van der Waals surface area contributed by atoms with E-state index in [1.807, 2.05) is 37.3 Å². The van der Waals surface area contributed by atoms with Gasteiger partial charge in [0, 0.05) is 14.1 Å². The lowest BCUT2D eigenvalue weighted by atomic mass is 10.1. The molecule has 34 heavy (non-hydrogen) atoms. The minimum absolute atomic E-state index is 0.0125. The van der Waals surface area contributed by atoms with Crippen LogP contribution in [0.2, 0.25) is 5.02 Å². The van der Waals surface area contributed by atoms with Crippen LogP contribution >= 0.6 is 23.8 Å². The second kappa shape index (κ2) is 9.83. The third kappa shape index (κ3) is 4.49. The fraction of sp³-hybridized carbons (Fsp3) is 0.192. The predicted molar refractivity (Wildman–Crippen MR) is 137 cm³/mol. The van der Waals surface area contributed by atoms with Crippen molar-refractivity contribution < 1.29 is 19.1 Å². The molecule has 174 valence electrons. The van der Waals surface area contributed by atoms with Crippen molar-refractivity contribution >= 4 is 57.6 Å². The quantitative estimate of drug-likeness (QED) is 0.272. The summed E-state index contributed by atoms with van der Waals surface area (Å²) in [5, 5.41) is 2.68. The molecule has 1 saturated heterocycles. The average Bonchev–Trinajstić information content (AvgIpc) is 2.84. The van der Waals surface area contributed by atoms with Gasteiger partial charge >= 0.3 is 0 Å². The lowest BCUT2D eigenvalue weighted by Gasteiger charge is -2.31. The van der Waals surface area contributed by atoms with Crippen molar-refractivity contribution in [1.29, 1.82) is 0 Å². The Hall–Kier alpha value is -3.42. The Morgan fingerprint density at radius 3 is 2.35 bits per heavy atom. The van der Waals surface area contributed by atoms with Crippen LogP contribution < -0.4 is 9.47 Å². The number of rotatable bonds is 6. The predicted octanol–water partition coefficient (Wildman–Crippen LogP) is 5.07. The highest BCUT2D eigenvalue weighted by Gasteiger charge is 2.35. The molecule has 0 spiro atoms. The van der Waals surface area contributed by atoms with E-state index in [0.29, 0.717) is 35.3 Å². The van der Waals surface area contributed by atoms with Crippen molar-refractivity contribution in [2.75, 3.05) is 20.7 Å². The van der Waals surface area contributed by atoms with E-state index in [1.165, 1.54) is 30.0 Å². The number of halogens is 1. The maximum absolute atomic E-state index is 12.7. The number of benzene rings is 3. The highest BCUT2D eigenvalue weighted by molar-refractivity contribution is 7.80. The summed E-state index contributed by atoms with van der Waals surface area (Å²) < 4.78 is 11.9. The van der Waals surface area contributed by atoms with Gasteiger partial charge in [-0.05, 0) is 59.2 Å². The zero-order chi connectivity index (χ0) is 24.4. The van der Waals surface area contributed by atoms with E-state index in [0.717, 1.165) is 16.3 Å². The number of fused-ring (bicyclic) bond motifs is 1. The summed E-state index contributed by atoms with van der Waals surface area (Å²) in [5.74, 6) is -0.123. The molecule has 0 radical (unpaired) electrons. The fourth-order valence-corrected chi connectivity index (χ4v) is 4.22. The van der Waals surface area contributed by atoms with Crippen LogP contribution in [-0.2, 0) is 16.2 Å². The van der Waals surface area contributed by atoms with Crippen LogP contribution in [0.25, 0.3) is 16.8 Å². The minimum atomic E-state index is -0.474. The van der Waals surface area contributed by atoms with E-state index in [9.17, 15) is 9.59 Å². The number of ether oxygens (including phenoxy) is 2. The van der Waals surface area contributed by atoms with Crippen LogP contribution in [0.5, 0.6) is 11.5 Å². The van der Waals surface area contributed by atoms with Crippen LogP contribution in [0, 0.1) is 0 Å². The van der Waals surface area contributed by atoms with Gasteiger partial charge in [0.1, 0.15) is 12.2 Å². The largest absolute Gasteiger partial charge is 0.490 e. The Kier molecular flexibility index (Phi) is 6.86. The molecule has 2 amide bonds. The highest BCUT2D eigenvalue weighted by Crippen LogP contribution is 2.38. The van der Waals surface area contributed by atoms with Gasteiger partial charge in [0.25, 0.3) is 11.8 Å². The molecule has 1 heterocycles. The zero-order valence-electron chi connectivity index (χ0n) is 19.0. The SMILES string of the molecule is CCOc1cc(C=C2C(=O)N(C)C(=S)N(C)C2=O)cc(Cl)c1OCc1cccc2ccccc12. The summed E-state index contributed by atoms with van der Waals surface area (Å²) >= 11 is 11.7. The lowest BCUT2D eigenvalue weighted by molar-refractivity contribution is -0.132. The second-order valence-corrected chi connectivity index (χ2v) is 8.53. The summed E-state index contributed by atoms with van der Waals surface area (Å²) in [6.07, 6.45) is 1.49. The van der Waals surface area contributed by atoms with E-state index in [1.54, 1.807) is 12.1 Å². The fourth-order valence-electron chi connectivity index (χ4n) is 3.78. The third-order valence-corrected chi connectivity index (χ3v) is 6.37. The molecule has 6 nitrogen and oxygen atoms in total. The number of thiocarbonyl (C=S) groups is 1. The normalized spacial score (nSPS) is 14.1. The molecule has 3 aromatic rings. The van der Waals surface area contributed by atoms with Crippen molar-refractivity contribution in [1.82, 2.24) is 9.80 Å². The molecule has 0 unspecified atom stereocenters. The average molecular weight is 495 g/mol. The van der Waals surface area contributed by atoms with E-state index in [2.05, 4.69) is 12.1 Å². The Labute approximate surface area is 208 Å². The van der Waals surface area contributed by atoms with Gasteiger partial charge in [-0.3, -0.25) is 19.4 Å². The van der Waals surface area contributed by atoms with Crippen LogP contribution in [-0.4, -0.2) is 47.4 Å². The highest BCUT2D eigenvalue weighted by atomic mass is 35.5. The number of carbonyl (C=O) groups is 2. The van der Waals surface area contributed by atoms with Crippen LogP contribution in [0.4, 0.5) is 0 Å². The first-order valence-electron chi connectivity index (χ1n) is 10.7. The first-order valence-corrected chi connectivity index (χ1v) is 11.5. The van der Waals surface area contributed by atoms with Gasteiger partial charge in [0.2, 0.25) is 0 Å². The molecule has 3 aromatic carbocycles. The number of hydrogen-bond donors (Lipinski definition) is 0. The minimum Gasteiger partial charge on any atom is -0.490 e. The summed E-state index contributed by atoms with van der Waals surface area (Å²) in [4.78, 5) is 27.8. The molecule has 8 heteroatoms. The molecular weight excluding hydrogens is 472 g/mol. The van der Waals surface area contributed by atoms with Crippen LogP contribution in [0.1, 0.15) is 18.1 Å². The van der Waals surface area contributed by atoms with Gasteiger partial charge in [-0.2, -0.15) is 0 Å². The topological polar surface area (TPSA) is 59.1 Å². The van der Waals surface area contributed by atoms with Crippen molar-refractivity contribution in [2.45, 2.75) is 13.5 Å². The summed E-state index contributed by atoms with van der Waals surface area (Å²) in [7, 11) is 3.06. The van der Waals surface area contributed by atoms with E-state index in [4.69, 9.17) is 33.3 Å². The molecular formula is C26H23ClN2O4S. The summed E-state index contributed by atoms with van der Waals surface area (Å²) in [6.45, 7) is 2.54. The maximum atomic E-state index is 12.7. The molecule has 1 aliphatic heterocycles.